The van der Waals surface area contributed by atoms with E-state index in [1.807, 2.05) is 63.2 Å². The Bertz CT molecular complexity index is 1450. The van der Waals surface area contributed by atoms with E-state index in [1.54, 1.807) is 35.2 Å². The smallest absolute Gasteiger partial charge is 0.243 e. The largest absolute Gasteiger partial charge is 0.352 e. The predicted octanol–water partition coefficient (Wildman–Crippen LogP) is 6.01. The van der Waals surface area contributed by atoms with Crippen LogP contribution < -0.4 is 9.62 Å². The Balaban J connectivity index is 1.91. The van der Waals surface area contributed by atoms with Crippen LogP contribution in [0.3, 0.4) is 0 Å². The number of para-hydroxylation sites is 1. The van der Waals surface area contributed by atoms with Crippen molar-refractivity contribution in [3.8, 4) is 0 Å². The van der Waals surface area contributed by atoms with Crippen molar-refractivity contribution in [3.05, 3.63) is 99.5 Å². The van der Waals surface area contributed by atoms with Gasteiger partial charge in [0.2, 0.25) is 21.8 Å². The molecule has 0 fully saturated rings. The van der Waals surface area contributed by atoms with Crippen LogP contribution in [0.1, 0.15) is 43.4 Å². The summed E-state index contributed by atoms with van der Waals surface area (Å²) in [5, 5.41) is 3.70. The summed E-state index contributed by atoms with van der Waals surface area (Å²) in [4.78, 5) is 28.9. The topological polar surface area (TPSA) is 86.8 Å². The van der Waals surface area contributed by atoms with Gasteiger partial charge in [-0.05, 0) is 62.1 Å². The third kappa shape index (κ3) is 9.48. The van der Waals surface area contributed by atoms with Crippen molar-refractivity contribution in [2.45, 2.75) is 58.7 Å². The molecule has 0 saturated heterocycles. The van der Waals surface area contributed by atoms with Crippen LogP contribution in [0, 0.1) is 6.92 Å². The summed E-state index contributed by atoms with van der Waals surface area (Å²) < 4.78 is 26.6. The molecule has 7 nitrogen and oxygen atoms in total. The fourth-order valence-electron chi connectivity index (χ4n) is 4.60. The molecule has 3 aromatic carbocycles. The monoisotopic (exact) mass is 617 g/mol. The lowest BCUT2D eigenvalue weighted by Crippen LogP contribution is -2.51. The van der Waals surface area contributed by atoms with E-state index in [9.17, 15) is 18.0 Å². The standard InChI is InChI=1S/C31H37Cl2N3O4S/c1-22(2)34-31(38)29(20-24-12-6-5-7-13-24)35(21-25-16-17-26(32)27(33)19-25)30(37)15-10-18-36(41(4,39)40)28-14-9-8-11-23(28)3/h5-9,11-14,16-17,19,22,29H,10,15,18,20-21H2,1-4H3,(H,34,38)/t29-/m0/s1. The second-order valence-electron chi connectivity index (χ2n) is 10.4. The van der Waals surface area contributed by atoms with Crippen molar-refractivity contribution in [3.63, 3.8) is 0 Å². The Hall–Kier alpha value is -3.07. The number of nitrogens with zero attached hydrogens (tertiary/aromatic N) is 2. The molecule has 0 aliphatic rings. The summed E-state index contributed by atoms with van der Waals surface area (Å²) in [5.41, 5.74) is 3.03. The molecule has 10 heteroatoms. The maximum Gasteiger partial charge on any atom is 0.243 e. The number of anilines is 1. The van der Waals surface area contributed by atoms with E-state index >= 15 is 0 Å². The first-order chi connectivity index (χ1) is 19.4. The highest BCUT2D eigenvalue weighted by molar-refractivity contribution is 7.92. The van der Waals surface area contributed by atoms with Crippen molar-refractivity contribution in [2.24, 2.45) is 0 Å². The number of amides is 2. The summed E-state index contributed by atoms with van der Waals surface area (Å²) in [6, 6.07) is 20.9. The lowest BCUT2D eigenvalue weighted by atomic mass is 10.0. The van der Waals surface area contributed by atoms with Crippen molar-refractivity contribution in [1.29, 1.82) is 0 Å². The number of halogens is 2. The summed E-state index contributed by atoms with van der Waals surface area (Å²) >= 11 is 12.4. The van der Waals surface area contributed by atoms with Gasteiger partial charge in [0.25, 0.3) is 0 Å². The second-order valence-corrected chi connectivity index (χ2v) is 13.1. The number of hydrogen-bond donors (Lipinski definition) is 1. The average molecular weight is 619 g/mol. The second kappa shape index (κ2) is 14.7. The zero-order valence-electron chi connectivity index (χ0n) is 23.8. The molecule has 1 atom stereocenters. The van der Waals surface area contributed by atoms with Crippen LogP contribution in [0.25, 0.3) is 0 Å². The SMILES string of the molecule is Cc1ccccc1N(CCCC(=O)N(Cc1ccc(Cl)c(Cl)c1)[C@@H](Cc1ccccc1)C(=O)NC(C)C)S(C)(=O)=O. The predicted molar refractivity (Wildman–Crippen MR) is 167 cm³/mol. The quantitative estimate of drug-likeness (QED) is 0.254. The molecule has 0 bridgehead atoms. The van der Waals surface area contributed by atoms with Crippen molar-refractivity contribution >= 4 is 50.7 Å². The van der Waals surface area contributed by atoms with Crippen LogP contribution in [0.5, 0.6) is 0 Å². The molecule has 0 aromatic heterocycles. The normalized spacial score (nSPS) is 12.2. The zero-order valence-corrected chi connectivity index (χ0v) is 26.1. The molecule has 0 aliphatic carbocycles. The zero-order chi connectivity index (χ0) is 30.2. The number of hydrogen-bond acceptors (Lipinski definition) is 4. The van der Waals surface area contributed by atoms with Gasteiger partial charge in [-0.3, -0.25) is 13.9 Å². The van der Waals surface area contributed by atoms with Gasteiger partial charge in [0.1, 0.15) is 6.04 Å². The Labute approximate surface area is 253 Å². The Morgan fingerprint density at radius 2 is 1.56 bits per heavy atom. The first kappa shape index (κ1) is 32.4. The Kier molecular flexibility index (Phi) is 11.6. The van der Waals surface area contributed by atoms with Crippen LogP contribution in [-0.2, 0) is 32.6 Å². The highest BCUT2D eigenvalue weighted by Gasteiger charge is 2.31. The van der Waals surface area contributed by atoms with Gasteiger partial charge in [-0.15, -0.1) is 0 Å². The van der Waals surface area contributed by atoms with Crippen LogP contribution in [-0.4, -0.2) is 50.0 Å². The fourth-order valence-corrected chi connectivity index (χ4v) is 5.94. The molecule has 41 heavy (non-hydrogen) atoms. The third-order valence-electron chi connectivity index (χ3n) is 6.58. The molecular formula is C31H37Cl2N3O4S. The molecule has 0 heterocycles. The van der Waals surface area contributed by atoms with Crippen LogP contribution in [0.2, 0.25) is 10.0 Å². The first-order valence-corrected chi connectivity index (χ1v) is 16.1. The highest BCUT2D eigenvalue weighted by atomic mass is 35.5. The number of benzene rings is 3. The summed E-state index contributed by atoms with van der Waals surface area (Å²) in [7, 11) is -3.58. The summed E-state index contributed by atoms with van der Waals surface area (Å²) in [6.45, 7) is 5.84. The Morgan fingerprint density at radius 3 is 2.17 bits per heavy atom. The van der Waals surface area contributed by atoms with E-state index in [1.165, 1.54) is 4.31 Å². The van der Waals surface area contributed by atoms with E-state index in [2.05, 4.69) is 5.32 Å². The van der Waals surface area contributed by atoms with Gasteiger partial charge in [0, 0.05) is 32.0 Å². The molecule has 1 N–H and O–H groups in total. The highest BCUT2D eigenvalue weighted by Crippen LogP contribution is 2.26. The molecule has 0 spiro atoms. The summed E-state index contributed by atoms with van der Waals surface area (Å²) in [5.74, 6) is -0.538. The number of aryl methyl sites for hydroxylation is 1. The average Bonchev–Trinajstić information content (AvgIpc) is 2.90. The van der Waals surface area contributed by atoms with Crippen LogP contribution in [0.15, 0.2) is 72.8 Å². The van der Waals surface area contributed by atoms with Gasteiger partial charge in [0.15, 0.2) is 0 Å². The lowest BCUT2D eigenvalue weighted by Gasteiger charge is -2.32. The van der Waals surface area contributed by atoms with Gasteiger partial charge >= 0.3 is 0 Å². The first-order valence-electron chi connectivity index (χ1n) is 13.5. The molecule has 3 aromatic rings. The third-order valence-corrected chi connectivity index (χ3v) is 8.49. The van der Waals surface area contributed by atoms with Gasteiger partial charge in [0.05, 0.1) is 22.0 Å². The minimum absolute atomic E-state index is 0.0411. The van der Waals surface area contributed by atoms with Gasteiger partial charge in [-0.25, -0.2) is 8.42 Å². The van der Waals surface area contributed by atoms with Crippen molar-refractivity contribution < 1.29 is 18.0 Å². The number of carbonyl (C=O) groups is 2. The number of rotatable bonds is 13. The van der Waals surface area contributed by atoms with E-state index in [0.717, 1.165) is 22.9 Å². The van der Waals surface area contributed by atoms with E-state index in [0.29, 0.717) is 22.2 Å². The van der Waals surface area contributed by atoms with E-state index in [-0.39, 0.29) is 43.8 Å². The van der Waals surface area contributed by atoms with Crippen molar-refractivity contribution in [1.82, 2.24) is 10.2 Å². The van der Waals surface area contributed by atoms with E-state index in [4.69, 9.17) is 23.2 Å². The van der Waals surface area contributed by atoms with E-state index < -0.39 is 16.1 Å². The molecule has 3 rings (SSSR count). The molecule has 2 amide bonds. The molecule has 0 radical (unpaired) electrons. The minimum atomic E-state index is -3.58. The van der Waals surface area contributed by atoms with Gasteiger partial charge < -0.3 is 10.2 Å². The number of carbonyl (C=O) groups excluding carboxylic acids is 2. The minimum Gasteiger partial charge on any atom is -0.352 e. The maximum atomic E-state index is 13.9. The number of sulfonamides is 1. The fraction of sp³-hybridized carbons (Fsp3) is 0.355. The molecule has 0 saturated carbocycles. The van der Waals surface area contributed by atoms with Gasteiger partial charge in [-0.2, -0.15) is 0 Å². The van der Waals surface area contributed by atoms with Crippen LogP contribution >= 0.6 is 23.2 Å². The molecule has 0 aliphatic heterocycles. The lowest BCUT2D eigenvalue weighted by molar-refractivity contribution is -0.141. The maximum absolute atomic E-state index is 13.9. The van der Waals surface area contributed by atoms with Crippen LogP contribution in [0.4, 0.5) is 5.69 Å². The number of nitrogens with one attached hydrogen (secondary N) is 1. The summed E-state index contributed by atoms with van der Waals surface area (Å²) in [6.07, 6.45) is 1.77. The molecule has 0 unspecified atom stereocenters. The van der Waals surface area contributed by atoms with Crippen molar-refractivity contribution in [2.75, 3.05) is 17.1 Å². The molecule has 220 valence electrons. The van der Waals surface area contributed by atoms with Gasteiger partial charge in [-0.1, -0.05) is 77.8 Å². The molecular weight excluding hydrogens is 581 g/mol. The Morgan fingerprint density at radius 1 is 0.902 bits per heavy atom.